The fourth-order valence-electron chi connectivity index (χ4n) is 3.88. The van der Waals surface area contributed by atoms with Gasteiger partial charge in [0.05, 0.1) is 22.1 Å². The largest absolute Gasteiger partial charge is 2.00 e. The first-order valence-corrected chi connectivity index (χ1v) is 11.3. The summed E-state index contributed by atoms with van der Waals surface area (Å²) < 4.78 is 0. The number of nitrogens with zero attached hydrogens (tertiary/aromatic N) is 4. The van der Waals surface area contributed by atoms with Crippen molar-refractivity contribution in [3.05, 3.63) is 128 Å². The van der Waals surface area contributed by atoms with Crippen LogP contribution in [0, 0.1) is 0 Å². The maximum atomic E-state index is 10.2. The van der Waals surface area contributed by atoms with E-state index in [2.05, 4.69) is 68.5 Å². The molecule has 7 rings (SSSR count). The van der Waals surface area contributed by atoms with Gasteiger partial charge < -0.3 is 10.2 Å². The van der Waals surface area contributed by atoms with Crippen molar-refractivity contribution in [3.8, 4) is 11.5 Å². The maximum Gasteiger partial charge on any atom is 2.00 e. The summed E-state index contributed by atoms with van der Waals surface area (Å²) in [5, 5.41) is 24.9. The predicted octanol–water partition coefficient (Wildman–Crippen LogP) is 2.35. The second kappa shape index (κ2) is 11.6. The van der Waals surface area contributed by atoms with Crippen LogP contribution in [0.15, 0.2) is 112 Å². The van der Waals surface area contributed by atoms with Gasteiger partial charge in [-0.15, -0.1) is 0 Å². The predicted molar refractivity (Wildman–Crippen MR) is 141 cm³/mol. The molecule has 4 heterocycles. The molecule has 0 aliphatic rings. The first-order valence-electron chi connectivity index (χ1n) is 11.3. The van der Waals surface area contributed by atoms with Gasteiger partial charge in [0, 0.05) is 46.3 Å². The average Bonchev–Trinajstić information content (AvgIpc) is 3.15. The molecule has 7 aromatic rings. The molecular formula is C29H16N4O5Zn. The third kappa shape index (κ3) is 5.37. The number of fused-ring (bicyclic) bond motifs is 6. The monoisotopic (exact) mass is 564 g/mol. The molecule has 0 unspecified atom stereocenters. The van der Waals surface area contributed by atoms with E-state index in [1.807, 2.05) is 24.3 Å². The summed E-state index contributed by atoms with van der Waals surface area (Å²) in [4.78, 5) is 47.9. The second-order valence-electron chi connectivity index (χ2n) is 8.08. The Kier molecular flexibility index (Phi) is 8.08. The first kappa shape index (κ1) is 27.1. The number of hydrogen-bond donors (Lipinski definition) is 0. The zero-order valence-electron chi connectivity index (χ0n) is 20.3. The number of rotatable bonds is 0. The summed E-state index contributed by atoms with van der Waals surface area (Å²) in [6, 6.07) is 24.3. The van der Waals surface area contributed by atoms with Crippen LogP contribution < -0.4 is 26.5 Å². The van der Waals surface area contributed by atoms with Crippen molar-refractivity contribution in [2.75, 3.05) is 0 Å². The number of aromatic nitrogens is 4. The Hall–Kier alpha value is -4.95. The fourth-order valence-corrected chi connectivity index (χ4v) is 3.88. The molecule has 0 fully saturated rings. The van der Waals surface area contributed by atoms with E-state index in [1.165, 1.54) is 0 Å². The summed E-state index contributed by atoms with van der Waals surface area (Å²) in [5.74, 6) is -3.04. The summed E-state index contributed by atoms with van der Waals surface area (Å²) in [6.07, 6.45) is 7.21. The van der Waals surface area contributed by atoms with Gasteiger partial charge in [0.1, 0.15) is 0 Å². The smallest absolute Gasteiger partial charge is 0.870 e. The van der Waals surface area contributed by atoms with Crippen LogP contribution >= 0.6 is 0 Å². The summed E-state index contributed by atoms with van der Waals surface area (Å²) >= 11 is 0. The van der Waals surface area contributed by atoms with Gasteiger partial charge in [-0.05, 0) is 24.3 Å². The number of benzene rings is 2. The van der Waals surface area contributed by atoms with Crippen LogP contribution in [-0.4, -0.2) is 19.9 Å². The van der Waals surface area contributed by atoms with Gasteiger partial charge in [-0.1, -0.05) is 60.0 Å². The molecule has 0 saturated heterocycles. The van der Waals surface area contributed by atoms with Crippen LogP contribution in [0.3, 0.4) is 0 Å². The molecule has 0 N–H and O–H groups in total. The van der Waals surface area contributed by atoms with Crippen LogP contribution in [0.5, 0.6) is 11.5 Å². The minimum absolute atomic E-state index is 0. The number of pyridine rings is 4. The topological polar surface area (TPSA) is 149 Å². The molecule has 10 heteroatoms. The van der Waals surface area contributed by atoms with E-state index in [0.717, 1.165) is 43.6 Å². The van der Waals surface area contributed by atoms with E-state index in [0.29, 0.717) is 0 Å². The van der Waals surface area contributed by atoms with Gasteiger partial charge in [0.25, 0.3) is 5.43 Å². The second-order valence-corrected chi connectivity index (χ2v) is 8.08. The standard InChI is InChI=1S/2C12H8N2.C5H2O5.Zn/c2*1-3-9-5-6-10-4-2-8-14-12(10)11(9)13-7-1;6-1-2(7)4(9)5(10)3(1)8;/h2*1-8H;6-7H;/q;;;+2/p-2. The van der Waals surface area contributed by atoms with Crippen LogP contribution in [0.2, 0.25) is 0 Å². The Morgan fingerprint density at radius 3 is 0.872 bits per heavy atom. The van der Waals surface area contributed by atoms with Crippen molar-refractivity contribution in [2.24, 2.45) is 0 Å². The van der Waals surface area contributed by atoms with E-state index < -0.39 is 27.8 Å². The van der Waals surface area contributed by atoms with Gasteiger partial charge in [-0.3, -0.25) is 34.3 Å². The SMILES string of the molecule is O=c1c([O-])c([O-])c(=O)c1=O.[Zn+2].c1cnc2c(c1)ccc1cccnc12.c1cnc2c(c1)ccc1cccnc12. The minimum Gasteiger partial charge on any atom is -0.870 e. The first-order chi connectivity index (χ1) is 18.5. The molecule has 0 atom stereocenters. The van der Waals surface area contributed by atoms with E-state index in [-0.39, 0.29) is 19.5 Å². The van der Waals surface area contributed by atoms with Gasteiger partial charge in [-0.2, -0.15) is 0 Å². The Bertz CT molecular complexity index is 1840. The summed E-state index contributed by atoms with van der Waals surface area (Å²) in [5.41, 5.74) is -0.646. The zero-order valence-corrected chi connectivity index (χ0v) is 23.2. The Labute approximate surface area is 232 Å². The van der Waals surface area contributed by atoms with Crippen molar-refractivity contribution in [3.63, 3.8) is 0 Å². The molecule has 9 nitrogen and oxygen atoms in total. The van der Waals surface area contributed by atoms with Crippen LogP contribution in [0.4, 0.5) is 0 Å². The number of hydrogen-bond acceptors (Lipinski definition) is 9. The minimum atomic E-state index is -1.52. The van der Waals surface area contributed by atoms with Crippen molar-refractivity contribution in [2.45, 2.75) is 0 Å². The van der Waals surface area contributed by atoms with E-state index in [4.69, 9.17) is 0 Å². The summed E-state index contributed by atoms with van der Waals surface area (Å²) in [7, 11) is 0. The Morgan fingerprint density at radius 1 is 0.410 bits per heavy atom. The molecule has 3 aromatic carbocycles. The molecule has 184 valence electrons. The van der Waals surface area contributed by atoms with Gasteiger partial charge in [-0.25, -0.2) is 0 Å². The average molecular weight is 566 g/mol. The van der Waals surface area contributed by atoms with Crippen LogP contribution in [-0.2, 0) is 19.5 Å². The third-order valence-electron chi connectivity index (χ3n) is 5.72. The molecule has 0 radical (unpaired) electrons. The molecule has 4 aromatic heterocycles. The van der Waals surface area contributed by atoms with Crippen LogP contribution in [0.1, 0.15) is 0 Å². The molecule has 0 amide bonds. The zero-order chi connectivity index (χ0) is 26.6. The van der Waals surface area contributed by atoms with Gasteiger partial charge >= 0.3 is 19.5 Å². The molecule has 0 saturated carbocycles. The van der Waals surface area contributed by atoms with Gasteiger partial charge in [0.15, 0.2) is 0 Å². The van der Waals surface area contributed by atoms with E-state index in [1.54, 1.807) is 24.8 Å². The summed E-state index contributed by atoms with van der Waals surface area (Å²) in [6.45, 7) is 0. The molecular weight excluding hydrogens is 550 g/mol. The Morgan fingerprint density at radius 2 is 0.667 bits per heavy atom. The Balaban J connectivity index is 0.000000136. The fraction of sp³-hybridized carbons (Fsp3) is 0. The van der Waals surface area contributed by atoms with Crippen molar-refractivity contribution >= 4 is 43.6 Å². The maximum absolute atomic E-state index is 10.2. The normalized spacial score (nSPS) is 10.4. The van der Waals surface area contributed by atoms with Crippen molar-refractivity contribution in [1.82, 2.24) is 19.9 Å². The van der Waals surface area contributed by atoms with E-state index in [9.17, 15) is 24.6 Å². The van der Waals surface area contributed by atoms with Gasteiger partial charge in [0.2, 0.25) is 10.9 Å². The molecule has 39 heavy (non-hydrogen) atoms. The molecule has 0 spiro atoms. The molecule has 0 aliphatic heterocycles. The van der Waals surface area contributed by atoms with Crippen molar-refractivity contribution < 1.29 is 29.7 Å². The molecule has 0 aliphatic carbocycles. The van der Waals surface area contributed by atoms with Crippen molar-refractivity contribution in [1.29, 1.82) is 0 Å². The van der Waals surface area contributed by atoms with E-state index >= 15 is 0 Å². The quantitative estimate of drug-likeness (QED) is 0.153. The van der Waals surface area contributed by atoms with Crippen LogP contribution in [0.25, 0.3) is 43.6 Å². The third-order valence-corrected chi connectivity index (χ3v) is 5.72. The molecule has 0 bridgehead atoms.